The van der Waals surface area contributed by atoms with Crippen LogP contribution in [0.1, 0.15) is 26.2 Å². The quantitative estimate of drug-likeness (QED) is 0.632. The van der Waals surface area contributed by atoms with E-state index in [0.29, 0.717) is 19.5 Å². The van der Waals surface area contributed by atoms with Crippen molar-refractivity contribution in [2.45, 2.75) is 32.2 Å². The number of aliphatic carboxylic acids is 1. The van der Waals surface area contributed by atoms with Crippen LogP contribution in [0.15, 0.2) is 0 Å². The number of imide groups is 1. The number of amides is 3. The molecule has 1 fully saturated rings. The fourth-order valence-electron chi connectivity index (χ4n) is 1.93. The van der Waals surface area contributed by atoms with E-state index in [1.807, 2.05) is 6.92 Å². The molecule has 7 nitrogen and oxygen atoms in total. The Kier molecular flexibility index (Phi) is 5.57. The van der Waals surface area contributed by atoms with Gasteiger partial charge in [-0.2, -0.15) is 0 Å². The third-order valence-electron chi connectivity index (χ3n) is 2.78. The van der Waals surface area contributed by atoms with Gasteiger partial charge in [0.15, 0.2) is 0 Å². The van der Waals surface area contributed by atoms with Gasteiger partial charge in [0.2, 0.25) is 5.91 Å². The van der Waals surface area contributed by atoms with Crippen LogP contribution in [0.3, 0.4) is 0 Å². The number of hydrogen-bond donors (Lipinski definition) is 3. The first-order valence-electron chi connectivity index (χ1n) is 6.09. The molecular formula is C11H19N3O4. The molecule has 7 heteroatoms. The highest BCUT2D eigenvalue weighted by Gasteiger charge is 2.31. The molecule has 0 aromatic heterocycles. The highest BCUT2D eigenvalue weighted by Crippen LogP contribution is 2.16. The average Bonchev–Trinajstić information content (AvgIpc) is 2.74. The van der Waals surface area contributed by atoms with Crippen molar-refractivity contribution in [3.05, 3.63) is 0 Å². The van der Waals surface area contributed by atoms with Gasteiger partial charge >= 0.3 is 12.0 Å². The SMILES string of the molecule is CCCNC(=O)NC(=O)CN1CCC[C@H]1C(=O)O. The van der Waals surface area contributed by atoms with Crippen molar-refractivity contribution in [1.29, 1.82) is 0 Å². The maximum absolute atomic E-state index is 11.5. The van der Waals surface area contributed by atoms with E-state index in [4.69, 9.17) is 5.11 Å². The molecule has 0 aromatic rings. The maximum atomic E-state index is 11.5. The number of likely N-dealkylation sites (tertiary alicyclic amines) is 1. The van der Waals surface area contributed by atoms with Crippen LogP contribution >= 0.6 is 0 Å². The molecule has 0 spiro atoms. The van der Waals surface area contributed by atoms with Gasteiger partial charge in [0.1, 0.15) is 6.04 Å². The van der Waals surface area contributed by atoms with Crippen LogP contribution in [-0.4, -0.2) is 53.6 Å². The van der Waals surface area contributed by atoms with E-state index in [2.05, 4.69) is 10.6 Å². The fourth-order valence-corrected chi connectivity index (χ4v) is 1.93. The lowest BCUT2D eigenvalue weighted by atomic mass is 10.2. The van der Waals surface area contributed by atoms with Gasteiger partial charge in [0.25, 0.3) is 0 Å². The summed E-state index contributed by atoms with van der Waals surface area (Å²) in [5, 5.41) is 13.6. The minimum atomic E-state index is -0.921. The highest BCUT2D eigenvalue weighted by atomic mass is 16.4. The largest absolute Gasteiger partial charge is 0.480 e. The molecule has 1 aliphatic rings. The zero-order valence-electron chi connectivity index (χ0n) is 10.4. The van der Waals surface area contributed by atoms with E-state index in [1.54, 1.807) is 4.90 Å². The van der Waals surface area contributed by atoms with E-state index in [1.165, 1.54) is 0 Å². The van der Waals surface area contributed by atoms with Crippen LogP contribution in [0, 0.1) is 0 Å². The number of hydrogen-bond acceptors (Lipinski definition) is 4. The first-order chi connectivity index (χ1) is 8.54. The predicted molar refractivity (Wildman–Crippen MR) is 64.1 cm³/mol. The van der Waals surface area contributed by atoms with Gasteiger partial charge in [-0.1, -0.05) is 6.92 Å². The van der Waals surface area contributed by atoms with Crippen LogP contribution in [0.2, 0.25) is 0 Å². The molecular weight excluding hydrogens is 238 g/mol. The molecule has 1 atom stereocenters. The number of rotatable bonds is 5. The third-order valence-corrected chi connectivity index (χ3v) is 2.78. The summed E-state index contributed by atoms with van der Waals surface area (Å²) in [7, 11) is 0. The lowest BCUT2D eigenvalue weighted by Crippen LogP contribution is -2.47. The van der Waals surface area contributed by atoms with Crippen LogP contribution in [0.5, 0.6) is 0 Å². The van der Waals surface area contributed by atoms with E-state index in [0.717, 1.165) is 12.8 Å². The molecule has 0 aliphatic carbocycles. The summed E-state index contributed by atoms with van der Waals surface area (Å²) in [4.78, 5) is 35.2. The number of urea groups is 1. The van der Waals surface area contributed by atoms with E-state index in [9.17, 15) is 14.4 Å². The molecule has 0 bridgehead atoms. The first kappa shape index (κ1) is 14.4. The second-order valence-electron chi connectivity index (χ2n) is 4.27. The normalized spacial score (nSPS) is 19.5. The third kappa shape index (κ3) is 4.33. The molecule has 18 heavy (non-hydrogen) atoms. The number of carboxylic acids is 1. The van der Waals surface area contributed by atoms with Crippen molar-refractivity contribution in [2.75, 3.05) is 19.6 Å². The van der Waals surface area contributed by atoms with Crippen LogP contribution in [0.25, 0.3) is 0 Å². The lowest BCUT2D eigenvalue weighted by molar-refractivity contribution is -0.142. The van der Waals surface area contributed by atoms with Crippen molar-refractivity contribution in [1.82, 2.24) is 15.5 Å². The molecule has 3 N–H and O–H groups in total. The predicted octanol–water partition coefficient (Wildman–Crippen LogP) is -0.229. The number of nitrogens with one attached hydrogen (secondary N) is 2. The number of nitrogens with zero attached hydrogens (tertiary/aromatic N) is 1. The molecule has 0 aromatic carbocycles. The number of carboxylic acid groups (broad SMARTS) is 1. The van der Waals surface area contributed by atoms with Gasteiger partial charge in [-0.05, 0) is 25.8 Å². The van der Waals surface area contributed by atoms with Gasteiger partial charge < -0.3 is 10.4 Å². The van der Waals surface area contributed by atoms with E-state index in [-0.39, 0.29) is 6.54 Å². The Morgan fingerprint density at radius 1 is 1.39 bits per heavy atom. The molecule has 102 valence electrons. The minimum Gasteiger partial charge on any atom is -0.480 e. The van der Waals surface area contributed by atoms with Gasteiger partial charge in [0, 0.05) is 6.54 Å². The summed E-state index contributed by atoms with van der Waals surface area (Å²) >= 11 is 0. The Morgan fingerprint density at radius 3 is 2.72 bits per heavy atom. The smallest absolute Gasteiger partial charge is 0.321 e. The fraction of sp³-hybridized carbons (Fsp3) is 0.727. The van der Waals surface area contributed by atoms with Crippen LogP contribution in [-0.2, 0) is 9.59 Å². The zero-order chi connectivity index (χ0) is 13.5. The summed E-state index contributed by atoms with van der Waals surface area (Å²) < 4.78 is 0. The van der Waals surface area contributed by atoms with E-state index < -0.39 is 23.9 Å². The summed E-state index contributed by atoms with van der Waals surface area (Å²) in [5.74, 6) is -1.40. The second-order valence-corrected chi connectivity index (χ2v) is 4.27. The Bertz CT molecular complexity index is 332. The lowest BCUT2D eigenvalue weighted by Gasteiger charge is -2.19. The van der Waals surface area contributed by atoms with Gasteiger partial charge in [-0.3, -0.25) is 19.8 Å². The topological polar surface area (TPSA) is 98.7 Å². The first-order valence-corrected chi connectivity index (χ1v) is 6.09. The van der Waals surface area contributed by atoms with Crippen molar-refractivity contribution in [3.8, 4) is 0 Å². The molecule has 1 heterocycles. The standard InChI is InChI=1S/C11H19N3O4/c1-2-5-12-11(18)13-9(15)7-14-6-3-4-8(14)10(16)17/h8H,2-7H2,1H3,(H,16,17)(H2,12,13,15,18)/t8-/m0/s1. The van der Waals surface area contributed by atoms with Crippen molar-refractivity contribution in [3.63, 3.8) is 0 Å². The Hall–Kier alpha value is -1.63. The molecule has 3 amide bonds. The van der Waals surface area contributed by atoms with Gasteiger partial charge in [-0.15, -0.1) is 0 Å². The van der Waals surface area contributed by atoms with Crippen molar-refractivity contribution in [2.24, 2.45) is 0 Å². The Balaban J connectivity index is 2.35. The maximum Gasteiger partial charge on any atom is 0.321 e. The zero-order valence-corrected chi connectivity index (χ0v) is 10.4. The van der Waals surface area contributed by atoms with Crippen molar-refractivity contribution < 1.29 is 19.5 Å². The molecule has 0 unspecified atom stereocenters. The Morgan fingerprint density at radius 2 is 2.11 bits per heavy atom. The molecule has 1 rings (SSSR count). The van der Waals surface area contributed by atoms with E-state index >= 15 is 0 Å². The number of carbonyl (C=O) groups is 3. The molecule has 1 saturated heterocycles. The molecule has 0 saturated carbocycles. The Labute approximate surface area is 106 Å². The monoisotopic (exact) mass is 257 g/mol. The number of carbonyl (C=O) groups excluding carboxylic acids is 2. The minimum absolute atomic E-state index is 0.0590. The van der Waals surface area contributed by atoms with Crippen LogP contribution in [0.4, 0.5) is 4.79 Å². The summed E-state index contributed by atoms with van der Waals surface area (Å²) in [5.41, 5.74) is 0. The van der Waals surface area contributed by atoms with Crippen molar-refractivity contribution >= 4 is 17.9 Å². The molecule has 0 radical (unpaired) electrons. The summed E-state index contributed by atoms with van der Waals surface area (Å²) in [6.07, 6.45) is 2.09. The van der Waals surface area contributed by atoms with Gasteiger partial charge in [-0.25, -0.2) is 4.79 Å². The van der Waals surface area contributed by atoms with Gasteiger partial charge in [0.05, 0.1) is 6.54 Å². The summed E-state index contributed by atoms with van der Waals surface area (Å²) in [6.45, 7) is 2.92. The summed E-state index contributed by atoms with van der Waals surface area (Å²) in [6, 6.07) is -1.15. The second kappa shape index (κ2) is 6.95. The average molecular weight is 257 g/mol. The van der Waals surface area contributed by atoms with Crippen LogP contribution < -0.4 is 10.6 Å². The molecule has 1 aliphatic heterocycles. The highest BCUT2D eigenvalue weighted by molar-refractivity contribution is 5.95.